The second-order valence-electron chi connectivity index (χ2n) is 4.59. The molecule has 0 atom stereocenters. The van der Waals surface area contributed by atoms with Gasteiger partial charge in [0.2, 0.25) is 0 Å². The Morgan fingerprint density at radius 1 is 1.19 bits per heavy atom. The highest BCUT2D eigenvalue weighted by molar-refractivity contribution is 5.79. The molecule has 0 aliphatic heterocycles. The van der Waals surface area contributed by atoms with Gasteiger partial charge in [-0.2, -0.15) is 0 Å². The molecule has 0 aliphatic carbocycles. The molecule has 0 bridgehead atoms. The van der Waals surface area contributed by atoms with Crippen LogP contribution in [-0.4, -0.2) is 26.2 Å². The number of ether oxygens (including phenoxy) is 1. The van der Waals surface area contributed by atoms with Crippen LogP contribution in [0.15, 0.2) is 52.1 Å². The standard InChI is InChI=1S/C16H21N3O2/c1-13-5-7-14(8-6-13)21-11-9-18-16(17-2)19-12-15-4-3-10-20-15/h3-8,10H,9,11-12H2,1-2H3,(H2,17,18,19). The van der Waals surface area contributed by atoms with Gasteiger partial charge in [-0.15, -0.1) is 0 Å². The molecule has 5 heteroatoms. The Morgan fingerprint density at radius 3 is 2.67 bits per heavy atom. The van der Waals surface area contributed by atoms with Crippen LogP contribution in [0, 0.1) is 6.92 Å². The monoisotopic (exact) mass is 287 g/mol. The van der Waals surface area contributed by atoms with E-state index in [1.807, 2.05) is 36.4 Å². The van der Waals surface area contributed by atoms with Crippen molar-refractivity contribution >= 4 is 5.96 Å². The molecule has 0 radical (unpaired) electrons. The molecule has 0 saturated carbocycles. The number of nitrogens with one attached hydrogen (secondary N) is 2. The SMILES string of the molecule is CN=C(NCCOc1ccc(C)cc1)NCc1ccco1. The highest BCUT2D eigenvalue weighted by Crippen LogP contribution is 2.10. The van der Waals surface area contributed by atoms with Gasteiger partial charge in [-0.25, -0.2) is 0 Å². The molecule has 2 rings (SSSR count). The van der Waals surface area contributed by atoms with E-state index in [1.54, 1.807) is 13.3 Å². The van der Waals surface area contributed by atoms with Gasteiger partial charge in [0, 0.05) is 7.05 Å². The number of benzene rings is 1. The number of furan rings is 1. The maximum Gasteiger partial charge on any atom is 0.191 e. The van der Waals surface area contributed by atoms with Gasteiger partial charge in [-0.3, -0.25) is 4.99 Å². The van der Waals surface area contributed by atoms with Crippen LogP contribution in [-0.2, 0) is 6.54 Å². The van der Waals surface area contributed by atoms with Gasteiger partial charge in [-0.1, -0.05) is 17.7 Å². The fraction of sp³-hybridized carbons (Fsp3) is 0.312. The van der Waals surface area contributed by atoms with Gasteiger partial charge >= 0.3 is 0 Å². The maximum atomic E-state index is 5.64. The minimum Gasteiger partial charge on any atom is -0.492 e. The van der Waals surface area contributed by atoms with E-state index in [-0.39, 0.29) is 0 Å². The highest BCUT2D eigenvalue weighted by Gasteiger charge is 2.00. The summed E-state index contributed by atoms with van der Waals surface area (Å²) in [5, 5.41) is 6.35. The fourth-order valence-corrected chi connectivity index (χ4v) is 1.78. The lowest BCUT2D eigenvalue weighted by Crippen LogP contribution is -2.38. The first-order valence-electron chi connectivity index (χ1n) is 6.94. The van der Waals surface area contributed by atoms with Crippen molar-refractivity contribution in [3.05, 3.63) is 54.0 Å². The number of rotatable bonds is 6. The predicted molar refractivity (Wildman–Crippen MR) is 83.6 cm³/mol. The van der Waals surface area contributed by atoms with Crippen molar-refractivity contribution in [2.75, 3.05) is 20.2 Å². The van der Waals surface area contributed by atoms with E-state index < -0.39 is 0 Å². The summed E-state index contributed by atoms with van der Waals surface area (Å²) in [6.07, 6.45) is 1.66. The third kappa shape index (κ3) is 5.22. The molecule has 0 unspecified atom stereocenters. The third-order valence-electron chi connectivity index (χ3n) is 2.92. The quantitative estimate of drug-likeness (QED) is 0.486. The first-order valence-corrected chi connectivity index (χ1v) is 6.94. The summed E-state index contributed by atoms with van der Waals surface area (Å²) in [5.74, 6) is 2.47. The zero-order valence-corrected chi connectivity index (χ0v) is 12.4. The van der Waals surface area contributed by atoms with Gasteiger partial charge in [0.1, 0.15) is 18.1 Å². The molecule has 2 N–H and O–H groups in total. The summed E-state index contributed by atoms with van der Waals surface area (Å²) in [6.45, 7) is 3.90. The molecule has 2 aromatic rings. The van der Waals surface area contributed by atoms with Gasteiger partial charge in [0.15, 0.2) is 5.96 Å². The van der Waals surface area contributed by atoms with Gasteiger partial charge in [-0.05, 0) is 31.2 Å². The predicted octanol–water partition coefficient (Wildman–Crippen LogP) is 2.33. The minimum absolute atomic E-state index is 0.574. The van der Waals surface area contributed by atoms with E-state index in [0.29, 0.717) is 19.7 Å². The van der Waals surface area contributed by atoms with E-state index >= 15 is 0 Å². The van der Waals surface area contributed by atoms with Crippen LogP contribution < -0.4 is 15.4 Å². The Kier molecular flexibility index (Phi) is 5.70. The summed E-state index contributed by atoms with van der Waals surface area (Å²) in [6, 6.07) is 11.8. The van der Waals surface area contributed by atoms with E-state index in [1.165, 1.54) is 5.56 Å². The van der Waals surface area contributed by atoms with E-state index in [2.05, 4.69) is 22.5 Å². The molecule has 1 aromatic heterocycles. The van der Waals surface area contributed by atoms with Crippen LogP contribution in [0.4, 0.5) is 0 Å². The van der Waals surface area contributed by atoms with Crippen molar-refractivity contribution in [3.8, 4) is 5.75 Å². The van der Waals surface area contributed by atoms with Gasteiger partial charge in [0.25, 0.3) is 0 Å². The van der Waals surface area contributed by atoms with Crippen molar-refractivity contribution in [2.45, 2.75) is 13.5 Å². The second kappa shape index (κ2) is 7.99. The van der Waals surface area contributed by atoms with E-state index in [0.717, 1.165) is 17.5 Å². The number of hydrogen-bond acceptors (Lipinski definition) is 3. The van der Waals surface area contributed by atoms with Crippen molar-refractivity contribution in [1.29, 1.82) is 0 Å². The Morgan fingerprint density at radius 2 is 2.00 bits per heavy atom. The molecule has 0 spiro atoms. The molecular formula is C16H21N3O2. The first kappa shape index (κ1) is 15.0. The van der Waals surface area contributed by atoms with Crippen molar-refractivity contribution < 1.29 is 9.15 Å². The summed E-state index contributed by atoms with van der Waals surface area (Å²) < 4.78 is 10.9. The van der Waals surface area contributed by atoms with Crippen molar-refractivity contribution in [1.82, 2.24) is 10.6 Å². The lowest BCUT2D eigenvalue weighted by Gasteiger charge is -2.11. The molecule has 0 fully saturated rings. The van der Waals surface area contributed by atoms with Crippen LogP contribution in [0.5, 0.6) is 5.75 Å². The molecule has 1 aromatic carbocycles. The Balaban J connectivity index is 1.65. The fourth-order valence-electron chi connectivity index (χ4n) is 1.78. The number of hydrogen-bond donors (Lipinski definition) is 2. The van der Waals surface area contributed by atoms with Crippen LogP contribution >= 0.6 is 0 Å². The largest absolute Gasteiger partial charge is 0.492 e. The number of nitrogens with zero attached hydrogens (tertiary/aromatic N) is 1. The van der Waals surface area contributed by atoms with Crippen LogP contribution in [0.1, 0.15) is 11.3 Å². The molecule has 1 heterocycles. The Labute approximate surface area is 125 Å². The average Bonchev–Trinajstić information content (AvgIpc) is 3.02. The van der Waals surface area contributed by atoms with Crippen LogP contribution in [0.3, 0.4) is 0 Å². The van der Waals surface area contributed by atoms with E-state index in [9.17, 15) is 0 Å². The van der Waals surface area contributed by atoms with Gasteiger partial charge < -0.3 is 19.8 Å². The minimum atomic E-state index is 0.574. The smallest absolute Gasteiger partial charge is 0.191 e. The molecule has 5 nitrogen and oxygen atoms in total. The number of guanidine groups is 1. The molecule has 0 saturated heterocycles. The summed E-state index contributed by atoms with van der Waals surface area (Å²) in [7, 11) is 1.73. The summed E-state index contributed by atoms with van der Waals surface area (Å²) in [5.41, 5.74) is 1.23. The number of aliphatic imine (C=N–C) groups is 1. The zero-order chi connectivity index (χ0) is 14.9. The molecule has 21 heavy (non-hydrogen) atoms. The third-order valence-corrected chi connectivity index (χ3v) is 2.92. The molecule has 0 amide bonds. The Hall–Kier alpha value is -2.43. The van der Waals surface area contributed by atoms with Crippen molar-refractivity contribution in [2.24, 2.45) is 4.99 Å². The highest BCUT2D eigenvalue weighted by atomic mass is 16.5. The number of aryl methyl sites for hydroxylation is 1. The van der Waals surface area contributed by atoms with Crippen LogP contribution in [0.25, 0.3) is 0 Å². The molecular weight excluding hydrogens is 266 g/mol. The van der Waals surface area contributed by atoms with Crippen molar-refractivity contribution in [3.63, 3.8) is 0 Å². The lowest BCUT2D eigenvalue weighted by atomic mass is 10.2. The molecule has 112 valence electrons. The average molecular weight is 287 g/mol. The normalized spacial score (nSPS) is 11.2. The maximum absolute atomic E-state index is 5.64. The Bertz CT molecular complexity index is 547. The van der Waals surface area contributed by atoms with Crippen LogP contribution in [0.2, 0.25) is 0 Å². The zero-order valence-electron chi connectivity index (χ0n) is 12.4. The second-order valence-corrected chi connectivity index (χ2v) is 4.59. The first-order chi connectivity index (χ1) is 10.3. The summed E-state index contributed by atoms with van der Waals surface area (Å²) >= 11 is 0. The molecule has 0 aliphatic rings. The van der Waals surface area contributed by atoms with E-state index in [4.69, 9.17) is 9.15 Å². The summed E-state index contributed by atoms with van der Waals surface area (Å²) in [4.78, 5) is 4.14. The van der Waals surface area contributed by atoms with Gasteiger partial charge in [0.05, 0.1) is 19.4 Å². The lowest BCUT2D eigenvalue weighted by molar-refractivity contribution is 0.322. The topological polar surface area (TPSA) is 58.8 Å².